The van der Waals surface area contributed by atoms with Crippen molar-refractivity contribution in [1.29, 1.82) is 0 Å². The Morgan fingerprint density at radius 3 is 1.52 bits per heavy atom. The molecule has 3 aromatic carbocycles. The minimum Gasteiger partial charge on any atom is -0.494 e. The van der Waals surface area contributed by atoms with E-state index in [-0.39, 0.29) is 17.9 Å². The molecular formula is C30H38N6O6. The molecule has 42 heavy (non-hydrogen) atoms. The maximum Gasteiger partial charge on any atom is 0.269 e. The molecule has 224 valence electrons. The van der Waals surface area contributed by atoms with E-state index in [4.69, 9.17) is 18.9 Å². The lowest BCUT2D eigenvalue weighted by atomic mass is 10.2. The van der Waals surface area contributed by atoms with Gasteiger partial charge in [0.05, 0.1) is 55.9 Å². The lowest BCUT2D eigenvalue weighted by Crippen LogP contribution is -2.32. The molecular weight excluding hydrogens is 540 g/mol. The highest BCUT2D eigenvalue weighted by molar-refractivity contribution is 5.66. The van der Waals surface area contributed by atoms with Gasteiger partial charge in [-0.15, -0.1) is 10.2 Å². The zero-order valence-electron chi connectivity index (χ0n) is 24.9. The van der Waals surface area contributed by atoms with Gasteiger partial charge in [0.25, 0.3) is 5.69 Å². The second kappa shape index (κ2) is 16.1. The zero-order chi connectivity index (χ0) is 30.5. The van der Waals surface area contributed by atoms with Gasteiger partial charge >= 0.3 is 0 Å². The molecule has 12 heteroatoms. The normalized spacial score (nSPS) is 11.6. The standard InChI is InChI=1S/C30H38N6O6/c1-21(2)41-17-15-35(16-18-42-22(3)4)25-11-7-23(8-12-25)31-33-27-19-30(40-6)28(20-29(27)39-5)34-32-24-9-13-26(14-10-24)36(37)38/h7-14,19-22H,15-18H2,1-6H3/b33-31+,34-32+. The lowest BCUT2D eigenvalue weighted by Gasteiger charge is -2.25. The topological polar surface area (TPSA) is 133 Å². The first kappa shape index (κ1) is 32.1. The van der Waals surface area contributed by atoms with E-state index >= 15 is 0 Å². The van der Waals surface area contributed by atoms with Crippen molar-refractivity contribution < 1.29 is 23.9 Å². The van der Waals surface area contributed by atoms with Crippen molar-refractivity contribution in [1.82, 2.24) is 0 Å². The second-order valence-corrected chi connectivity index (χ2v) is 9.71. The van der Waals surface area contributed by atoms with Crippen molar-refractivity contribution in [3.8, 4) is 11.5 Å². The molecule has 0 aliphatic carbocycles. The number of hydrogen-bond acceptors (Lipinski definition) is 11. The van der Waals surface area contributed by atoms with Gasteiger partial charge in [-0.2, -0.15) is 10.2 Å². The van der Waals surface area contributed by atoms with E-state index in [1.807, 2.05) is 52.0 Å². The Morgan fingerprint density at radius 2 is 1.14 bits per heavy atom. The molecule has 0 saturated heterocycles. The number of azo groups is 2. The zero-order valence-corrected chi connectivity index (χ0v) is 24.9. The van der Waals surface area contributed by atoms with Crippen LogP contribution in [0.4, 0.5) is 34.1 Å². The van der Waals surface area contributed by atoms with Crippen molar-refractivity contribution in [3.63, 3.8) is 0 Å². The van der Waals surface area contributed by atoms with Gasteiger partial charge in [-0.05, 0) is 64.1 Å². The van der Waals surface area contributed by atoms with Crippen molar-refractivity contribution in [3.05, 3.63) is 70.8 Å². The minimum atomic E-state index is -0.472. The molecule has 0 radical (unpaired) electrons. The summed E-state index contributed by atoms with van der Waals surface area (Å²) >= 11 is 0. The molecule has 0 amide bonds. The average Bonchev–Trinajstić information content (AvgIpc) is 2.98. The molecule has 0 aliphatic heterocycles. The van der Waals surface area contributed by atoms with Crippen LogP contribution in [0.15, 0.2) is 81.1 Å². The average molecular weight is 579 g/mol. The van der Waals surface area contributed by atoms with E-state index in [9.17, 15) is 10.1 Å². The number of nitrogens with zero attached hydrogens (tertiary/aromatic N) is 6. The molecule has 0 aliphatic rings. The highest BCUT2D eigenvalue weighted by atomic mass is 16.6. The van der Waals surface area contributed by atoms with E-state index in [1.54, 1.807) is 12.1 Å². The minimum absolute atomic E-state index is 0.0256. The first-order chi connectivity index (χ1) is 20.2. The fraction of sp³-hybridized carbons (Fsp3) is 0.400. The molecule has 0 spiro atoms. The quantitative estimate of drug-likeness (QED) is 0.0952. The third kappa shape index (κ3) is 9.89. The lowest BCUT2D eigenvalue weighted by molar-refractivity contribution is -0.384. The summed E-state index contributed by atoms with van der Waals surface area (Å²) in [6, 6.07) is 16.8. The summed E-state index contributed by atoms with van der Waals surface area (Å²) in [4.78, 5) is 12.6. The summed E-state index contributed by atoms with van der Waals surface area (Å²) in [5.74, 6) is 0.837. The van der Waals surface area contributed by atoms with Crippen LogP contribution in [0.3, 0.4) is 0 Å². The van der Waals surface area contributed by atoms with E-state index in [1.165, 1.54) is 38.5 Å². The molecule has 0 saturated carbocycles. The number of benzene rings is 3. The second-order valence-electron chi connectivity index (χ2n) is 9.71. The van der Waals surface area contributed by atoms with Crippen LogP contribution >= 0.6 is 0 Å². The third-order valence-corrected chi connectivity index (χ3v) is 5.93. The number of ether oxygens (including phenoxy) is 4. The summed E-state index contributed by atoms with van der Waals surface area (Å²) in [6.45, 7) is 10.8. The van der Waals surface area contributed by atoms with Gasteiger partial charge in [-0.25, -0.2) is 0 Å². The van der Waals surface area contributed by atoms with Crippen molar-refractivity contribution in [2.24, 2.45) is 20.5 Å². The van der Waals surface area contributed by atoms with Crippen LogP contribution in [-0.2, 0) is 9.47 Å². The number of hydrogen-bond donors (Lipinski definition) is 0. The Labute approximate surface area is 246 Å². The number of non-ortho nitro benzene ring substituents is 1. The number of nitro groups is 1. The number of anilines is 1. The molecule has 0 atom stereocenters. The van der Waals surface area contributed by atoms with E-state index in [2.05, 4.69) is 25.4 Å². The van der Waals surface area contributed by atoms with Crippen LogP contribution in [0, 0.1) is 10.1 Å². The smallest absolute Gasteiger partial charge is 0.269 e. The molecule has 3 aromatic rings. The Hall–Kier alpha value is -4.42. The van der Waals surface area contributed by atoms with Gasteiger partial charge in [0.2, 0.25) is 0 Å². The highest BCUT2D eigenvalue weighted by Gasteiger charge is 2.12. The molecule has 0 unspecified atom stereocenters. The van der Waals surface area contributed by atoms with Crippen LogP contribution in [0.2, 0.25) is 0 Å². The SMILES string of the molecule is COc1cc(/N=N/c2ccc([N+](=O)[O-])cc2)c(OC)cc1/N=N/c1ccc(N(CCOC(C)C)CCOC(C)C)cc1. The summed E-state index contributed by atoms with van der Waals surface area (Å²) in [5, 5.41) is 28.0. The molecule has 0 heterocycles. The van der Waals surface area contributed by atoms with Gasteiger partial charge in [0.15, 0.2) is 0 Å². The van der Waals surface area contributed by atoms with Gasteiger partial charge in [-0.1, -0.05) is 0 Å². The predicted molar refractivity (Wildman–Crippen MR) is 162 cm³/mol. The first-order valence-electron chi connectivity index (χ1n) is 13.6. The molecule has 12 nitrogen and oxygen atoms in total. The molecule has 3 rings (SSSR count). The molecule has 0 bridgehead atoms. The van der Waals surface area contributed by atoms with Gasteiger partial charge < -0.3 is 23.8 Å². The first-order valence-corrected chi connectivity index (χ1v) is 13.6. The predicted octanol–water partition coefficient (Wildman–Crippen LogP) is 8.10. The molecule has 0 N–H and O–H groups in total. The van der Waals surface area contributed by atoms with Crippen LogP contribution in [0.1, 0.15) is 27.7 Å². The maximum atomic E-state index is 10.9. The van der Waals surface area contributed by atoms with Crippen LogP contribution < -0.4 is 14.4 Å². The number of nitro benzene ring substituents is 1. The van der Waals surface area contributed by atoms with Gasteiger partial charge in [0.1, 0.15) is 22.9 Å². The Bertz CT molecular complexity index is 1330. The van der Waals surface area contributed by atoms with E-state index in [0.29, 0.717) is 47.5 Å². The Kier molecular flexibility index (Phi) is 12.3. The summed E-state index contributed by atoms with van der Waals surface area (Å²) < 4.78 is 22.5. The monoisotopic (exact) mass is 578 g/mol. The van der Waals surface area contributed by atoms with Crippen molar-refractivity contribution in [2.75, 3.05) is 45.4 Å². The van der Waals surface area contributed by atoms with Crippen LogP contribution in [0.5, 0.6) is 11.5 Å². The van der Waals surface area contributed by atoms with Crippen LogP contribution in [-0.4, -0.2) is 57.7 Å². The van der Waals surface area contributed by atoms with Crippen LogP contribution in [0.25, 0.3) is 0 Å². The number of methoxy groups -OCH3 is 2. The van der Waals surface area contributed by atoms with Crippen molar-refractivity contribution in [2.45, 2.75) is 39.9 Å². The third-order valence-electron chi connectivity index (χ3n) is 5.93. The summed E-state index contributed by atoms with van der Waals surface area (Å²) in [6.07, 6.45) is 0.341. The van der Waals surface area contributed by atoms with Crippen molar-refractivity contribution >= 4 is 34.1 Å². The molecule has 0 aromatic heterocycles. The van der Waals surface area contributed by atoms with Gasteiger partial charge in [0, 0.05) is 43.0 Å². The fourth-order valence-electron chi connectivity index (χ4n) is 3.78. The Morgan fingerprint density at radius 1 is 0.714 bits per heavy atom. The van der Waals surface area contributed by atoms with Gasteiger partial charge in [-0.3, -0.25) is 10.1 Å². The number of rotatable bonds is 16. The largest absolute Gasteiger partial charge is 0.494 e. The summed E-state index contributed by atoms with van der Waals surface area (Å²) in [7, 11) is 3.03. The summed E-state index contributed by atoms with van der Waals surface area (Å²) in [5.41, 5.74) is 2.98. The maximum absolute atomic E-state index is 10.9. The highest BCUT2D eigenvalue weighted by Crippen LogP contribution is 2.41. The Balaban J connectivity index is 1.76. The fourth-order valence-corrected chi connectivity index (χ4v) is 3.78. The van der Waals surface area contributed by atoms with E-state index in [0.717, 1.165) is 18.8 Å². The molecule has 0 fully saturated rings. The van der Waals surface area contributed by atoms with E-state index < -0.39 is 4.92 Å².